The van der Waals surface area contributed by atoms with E-state index in [4.69, 9.17) is 19.3 Å². The van der Waals surface area contributed by atoms with Gasteiger partial charge in [0, 0.05) is 13.5 Å². The highest BCUT2D eigenvalue weighted by Gasteiger charge is 2.45. The molecule has 0 aliphatic carbocycles. The molecule has 0 spiro atoms. The number of hydrogen-bond acceptors (Lipinski definition) is 7. The first kappa shape index (κ1) is 18.3. The maximum absolute atomic E-state index is 11.2. The minimum absolute atomic E-state index is 0.210. The van der Waals surface area contributed by atoms with Crippen molar-refractivity contribution in [1.82, 2.24) is 5.32 Å². The molecule has 0 bridgehead atoms. The average molecular weight is 307 g/mol. The predicted octanol–water partition coefficient (Wildman–Crippen LogP) is -1.63. The van der Waals surface area contributed by atoms with Gasteiger partial charge in [-0.3, -0.25) is 4.79 Å². The van der Waals surface area contributed by atoms with Gasteiger partial charge >= 0.3 is 0 Å². The summed E-state index contributed by atoms with van der Waals surface area (Å²) in [6, 6.07) is -0.911. The normalized spacial score (nSPS) is 32.9. The average Bonchev–Trinajstić information content (AvgIpc) is 2.45. The molecule has 4 N–H and O–H groups in total. The van der Waals surface area contributed by atoms with Crippen LogP contribution >= 0.6 is 0 Å². The lowest BCUT2D eigenvalue weighted by molar-refractivity contribution is -0.272. The molecule has 1 saturated heterocycles. The van der Waals surface area contributed by atoms with E-state index < -0.39 is 37.3 Å². The zero-order chi connectivity index (χ0) is 15.8. The molecule has 1 fully saturated rings. The minimum Gasteiger partial charge on any atom is -0.394 e. The third kappa shape index (κ3) is 5.50. The standard InChI is InChI=1S/C13H25NO7/c1-3-4-19-5-6-20-13-10(14-8(2)16)12(18)11(17)9(7-15)21-13/h9-13,15,17-18H,3-7H2,1-2H3,(H,14,16)/t9-,10-,11+,12-,13-/m1/s1. The van der Waals surface area contributed by atoms with Crippen molar-refractivity contribution in [1.29, 1.82) is 0 Å². The summed E-state index contributed by atoms with van der Waals surface area (Å²) in [5.74, 6) is -0.381. The Hall–Kier alpha value is -0.770. The van der Waals surface area contributed by atoms with Gasteiger partial charge in [0.2, 0.25) is 5.91 Å². The topological polar surface area (TPSA) is 117 Å². The van der Waals surface area contributed by atoms with Crippen molar-refractivity contribution in [3.05, 3.63) is 0 Å². The molecule has 1 amide bonds. The summed E-state index contributed by atoms with van der Waals surface area (Å²) in [5, 5.41) is 31.5. The molecule has 0 unspecified atom stereocenters. The monoisotopic (exact) mass is 307 g/mol. The van der Waals surface area contributed by atoms with Gasteiger partial charge in [0.15, 0.2) is 6.29 Å². The molecule has 0 aromatic carbocycles. The summed E-state index contributed by atoms with van der Waals surface area (Å²) in [6.07, 6.45) is -3.63. The second kappa shape index (κ2) is 9.29. The van der Waals surface area contributed by atoms with Gasteiger partial charge in [-0.1, -0.05) is 6.92 Å². The molecule has 21 heavy (non-hydrogen) atoms. The van der Waals surface area contributed by atoms with E-state index in [-0.39, 0.29) is 12.5 Å². The highest BCUT2D eigenvalue weighted by molar-refractivity contribution is 5.73. The van der Waals surface area contributed by atoms with Crippen molar-refractivity contribution in [2.75, 3.05) is 26.4 Å². The molecule has 8 nitrogen and oxygen atoms in total. The van der Waals surface area contributed by atoms with Crippen LogP contribution < -0.4 is 5.32 Å². The van der Waals surface area contributed by atoms with Crippen molar-refractivity contribution in [3.63, 3.8) is 0 Å². The number of hydrogen-bond donors (Lipinski definition) is 4. The number of carbonyl (C=O) groups is 1. The first-order valence-corrected chi connectivity index (χ1v) is 7.10. The highest BCUT2D eigenvalue weighted by Crippen LogP contribution is 2.22. The minimum atomic E-state index is -1.30. The van der Waals surface area contributed by atoms with Gasteiger partial charge in [-0.25, -0.2) is 0 Å². The zero-order valence-electron chi connectivity index (χ0n) is 12.4. The Balaban J connectivity index is 2.58. The molecule has 1 aliphatic heterocycles. The lowest BCUT2D eigenvalue weighted by Crippen LogP contribution is -2.64. The third-order valence-electron chi connectivity index (χ3n) is 3.11. The van der Waals surface area contributed by atoms with Gasteiger partial charge in [0.25, 0.3) is 0 Å². The van der Waals surface area contributed by atoms with Crippen molar-refractivity contribution >= 4 is 5.91 Å². The van der Waals surface area contributed by atoms with E-state index in [1.54, 1.807) is 0 Å². The van der Waals surface area contributed by atoms with Crippen LogP contribution in [0.5, 0.6) is 0 Å². The van der Waals surface area contributed by atoms with E-state index in [2.05, 4.69) is 5.32 Å². The van der Waals surface area contributed by atoms with E-state index in [0.29, 0.717) is 13.2 Å². The molecule has 1 aliphatic rings. The van der Waals surface area contributed by atoms with E-state index in [0.717, 1.165) is 6.42 Å². The van der Waals surface area contributed by atoms with Gasteiger partial charge in [0.1, 0.15) is 24.4 Å². The SMILES string of the molecule is CCCOCCO[C@@H]1O[C@H](CO)[C@H](O)[C@H](O)[C@H]1NC(C)=O. The van der Waals surface area contributed by atoms with Crippen molar-refractivity contribution in [3.8, 4) is 0 Å². The Kier molecular flexibility index (Phi) is 8.09. The van der Waals surface area contributed by atoms with Gasteiger partial charge < -0.3 is 34.8 Å². The van der Waals surface area contributed by atoms with Gasteiger partial charge in [-0.15, -0.1) is 0 Å². The molecule has 124 valence electrons. The molecule has 0 saturated carbocycles. The zero-order valence-corrected chi connectivity index (χ0v) is 12.4. The van der Waals surface area contributed by atoms with Gasteiger partial charge in [-0.05, 0) is 6.42 Å². The highest BCUT2D eigenvalue weighted by atomic mass is 16.7. The Morgan fingerprint density at radius 1 is 1.24 bits per heavy atom. The summed E-state index contributed by atoms with van der Waals surface area (Å²) in [6.45, 7) is 3.99. The summed E-state index contributed by atoms with van der Waals surface area (Å²) in [7, 11) is 0. The van der Waals surface area contributed by atoms with E-state index >= 15 is 0 Å². The third-order valence-corrected chi connectivity index (χ3v) is 3.11. The number of carbonyl (C=O) groups excluding carboxylic acids is 1. The van der Waals surface area contributed by atoms with E-state index in [9.17, 15) is 15.0 Å². The van der Waals surface area contributed by atoms with Crippen LogP contribution in [0.2, 0.25) is 0 Å². The molecule has 5 atom stereocenters. The van der Waals surface area contributed by atoms with E-state index in [1.165, 1.54) is 6.92 Å². The number of aliphatic hydroxyl groups excluding tert-OH is 3. The van der Waals surface area contributed by atoms with Crippen molar-refractivity contribution < 1.29 is 34.3 Å². The van der Waals surface area contributed by atoms with Gasteiger partial charge in [0.05, 0.1) is 19.8 Å². The predicted molar refractivity (Wildman–Crippen MR) is 72.4 cm³/mol. The van der Waals surface area contributed by atoms with Crippen LogP contribution in [0.15, 0.2) is 0 Å². The molecular weight excluding hydrogens is 282 g/mol. The Morgan fingerprint density at radius 3 is 2.52 bits per heavy atom. The maximum Gasteiger partial charge on any atom is 0.217 e. The van der Waals surface area contributed by atoms with Crippen LogP contribution in [0.1, 0.15) is 20.3 Å². The fourth-order valence-electron chi connectivity index (χ4n) is 2.08. The smallest absolute Gasteiger partial charge is 0.217 e. The second-order valence-electron chi connectivity index (χ2n) is 4.92. The number of nitrogens with one attached hydrogen (secondary N) is 1. The lowest BCUT2D eigenvalue weighted by atomic mass is 9.97. The molecule has 0 radical (unpaired) electrons. The summed E-state index contributed by atoms with van der Waals surface area (Å²) in [5.41, 5.74) is 0. The van der Waals surface area contributed by atoms with Gasteiger partial charge in [-0.2, -0.15) is 0 Å². The quantitative estimate of drug-likeness (QED) is 0.398. The van der Waals surface area contributed by atoms with E-state index in [1.807, 2.05) is 6.92 Å². The van der Waals surface area contributed by atoms with Crippen molar-refractivity contribution in [2.45, 2.75) is 50.9 Å². The fourth-order valence-corrected chi connectivity index (χ4v) is 2.08. The number of ether oxygens (including phenoxy) is 3. The van der Waals surface area contributed by atoms with Crippen LogP contribution in [0.3, 0.4) is 0 Å². The van der Waals surface area contributed by atoms with Crippen LogP contribution in [-0.4, -0.2) is 78.3 Å². The van der Waals surface area contributed by atoms with Crippen molar-refractivity contribution in [2.24, 2.45) is 0 Å². The maximum atomic E-state index is 11.2. The summed E-state index contributed by atoms with van der Waals surface area (Å²) in [4.78, 5) is 11.2. The molecule has 0 aromatic rings. The molecular formula is C13H25NO7. The Morgan fingerprint density at radius 2 is 1.95 bits per heavy atom. The molecule has 1 rings (SSSR count). The summed E-state index contributed by atoms with van der Waals surface area (Å²) < 4.78 is 16.1. The van der Waals surface area contributed by atoms with Crippen LogP contribution in [0, 0.1) is 0 Å². The number of rotatable bonds is 8. The Bertz CT molecular complexity index is 315. The fraction of sp³-hybridized carbons (Fsp3) is 0.923. The summed E-state index contributed by atoms with van der Waals surface area (Å²) >= 11 is 0. The number of amides is 1. The first-order chi connectivity index (χ1) is 10.0. The van der Waals surface area contributed by atoms with Crippen LogP contribution in [-0.2, 0) is 19.0 Å². The molecule has 8 heteroatoms. The second-order valence-corrected chi connectivity index (χ2v) is 4.92. The molecule has 0 aromatic heterocycles. The Labute approximate surface area is 124 Å². The first-order valence-electron chi connectivity index (χ1n) is 7.10. The lowest BCUT2D eigenvalue weighted by Gasteiger charge is -2.42. The van der Waals surface area contributed by atoms with Crippen LogP contribution in [0.4, 0.5) is 0 Å². The van der Waals surface area contributed by atoms with Crippen LogP contribution in [0.25, 0.3) is 0 Å². The molecule has 1 heterocycles. The largest absolute Gasteiger partial charge is 0.394 e. The number of aliphatic hydroxyl groups is 3.